The summed E-state index contributed by atoms with van der Waals surface area (Å²) in [6, 6.07) is 5.98. The van der Waals surface area contributed by atoms with E-state index in [0.717, 1.165) is 18.4 Å². The second-order valence-electron chi connectivity index (χ2n) is 4.88. The summed E-state index contributed by atoms with van der Waals surface area (Å²) in [6.07, 6.45) is 2.32. The van der Waals surface area contributed by atoms with Gasteiger partial charge >= 0.3 is 0 Å². The lowest BCUT2D eigenvalue weighted by molar-refractivity contribution is 0.352. The van der Waals surface area contributed by atoms with Crippen molar-refractivity contribution in [3.05, 3.63) is 40.9 Å². The second-order valence-corrected chi connectivity index (χ2v) is 5.28. The Morgan fingerprint density at radius 1 is 1.53 bits per heavy atom. The van der Waals surface area contributed by atoms with Crippen LogP contribution in [-0.4, -0.2) is 13.2 Å². The third-order valence-corrected chi connectivity index (χ3v) is 3.56. The SMILES string of the molecule is C=C(C)COc1ccc(C2(CN)CC2)cc1Cl. The van der Waals surface area contributed by atoms with Crippen molar-refractivity contribution in [3.8, 4) is 5.75 Å². The van der Waals surface area contributed by atoms with E-state index in [4.69, 9.17) is 22.1 Å². The van der Waals surface area contributed by atoms with E-state index in [9.17, 15) is 0 Å². The lowest BCUT2D eigenvalue weighted by Crippen LogP contribution is -2.19. The number of rotatable bonds is 5. The maximum atomic E-state index is 6.21. The quantitative estimate of drug-likeness (QED) is 0.815. The highest BCUT2D eigenvalue weighted by Crippen LogP contribution is 2.48. The molecular weight excluding hydrogens is 234 g/mol. The van der Waals surface area contributed by atoms with Gasteiger partial charge in [-0.1, -0.05) is 24.2 Å². The standard InChI is InChI=1S/C14H18ClNO/c1-10(2)8-17-13-4-3-11(7-12(13)15)14(9-16)5-6-14/h3-4,7H,1,5-6,8-9,16H2,2H3. The summed E-state index contributed by atoms with van der Waals surface area (Å²) in [5.41, 5.74) is 8.19. The molecule has 0 spiro atoms. The van der Waals surface area contributed by atoms with Crippen LogP contribution in [0.3, 0.4) is 0 Å². The lowest BCUT2D eigenvalue weighted by atomic mass is 9.96. The van der Waals surface area contributed by atoms with Gasteiger partial charge < -0.3 is 10.5 Å². The monoisotopic (exact) mass is 251 g/mol. The first kappa shape index (κ1) is 12.5. The average molecular weight is 252 g/mol. The molecule has 1 aliphatic carbocycles. The molecule has 2 rings (SSSR count). The zero-order valence-electron chi connectivity index (χ0n) is 10.1. The summed E-state index contributed by atoms with van der Waals surface area (Å²) in [5, 5.41) is 0.656. The molecule has 2 nitrogen and oxygen atoms in total. The van der Waals surface area contributed by atoms with Crippen molar-refractivity contribution in [1.82, 2.24) is 0 Å². The number of hydrogen-bond acceptors (Lipinski definition) is 2. The van der Waals surface area contributed by atoms with Crippen LogP contribution in [0.15, 0.2) is 30.4 Å². The molecule has 0 radical (unpaired) electrons. The fourth-order valence-electron chi connectivity index (χ4n) is 1.91. The Morgan fingerprint density at radius 3 is 2.71 bits per heavy atom. The van der Waals surface area contributed by atoms with E-state index >= 15 is 0 Å². The van der Waals surface area contributed by atoms with Crippen LogP contribution in [-0.2, 0) is 5.41 Å². The minimum Gasteiger partial charge on any atom is -0.488 e. The summed E-state index contributed by atoms with van der Waals surface area (Å²) in [7, 11) is 0. The maximum Gasteiger partial charge on any atom is 0.138 e. The molecule has 1 aromatic carbocycles. The first-order valence-corrected chi connectivity index (χ1v) is 6.22. The second kappa shape index (κ2) is 4.71. The van der Waals surface area contributed by atoms with Crippen LogP contribution in [0.25, 0.3) is 0 Å². The lowest BCUT2D eigenvalue weighted by Gasteiger charge is -2.15. The van der Waals surface area contributed by atoms with Gasteiger partial charge in [0.05, 0.1) is 5.02 Å². The van der Waals surface area contributed by atoms with Crippen LogP contribution in [0.1, 0.15) is 25.3 Å². The molecule has 2 N–H and O–H groups in total. The van der Waals surface area contributed by atoms with Gasteiger partial charge in [0.2, 0.25) is 0 Å². The van der Waals surface area contributed by atoms with E-state index in [0.29, 0.717) is 23.9 Å². The molecule has 0 aromatic heterocycles. The van der Waals surface area contributed by atoms with Crippen LogP contribution in [0.2, 0.25) is 5.02 Å². The smallest absolute Gasteiger partial charge is 0.138 e. The van der Waals surface area contributed by atoms with Crippen molar-refractivity contribution in [3.63, 3.8) is 0 Å². The first-order valence-electron chi connectivity index (χ1n) is 5.85. The van der Waals surface area contributed by atoms with Gasteiger partial charge in [0, 0.05) is 12.0 Å². The normalized spacial score (nSPS) is 16.6. The summed E-state index contributed by atoms with van der Waals surface area (Å²) in [4.78, 5) is 0. The minimum absolute atomic E-state index is 0.177. The molecule has 0 atom stereocenters. The van der Waals surface area contributed by atoms with Gasteiger partial charge in [0.15, 0.2) is 0 Å². The highest BCUT2D eigenvalue weighted by atomic mass is 35.5. The van der Waals surface area contributed by atoms with E-state index in [-0.39, 0.29) is 5.41 Å². The molecule has 3 heteroatoms. The van der Waals surface area contributed by atoms with Crippen molar-refractivity contribution in [2.45, 2.75) is 25.2 Å². The number of nitrogens with two attached hydrogens (primary N) is 1. The molecule has 92 valence electrons. The predicted octanol–water partition coefficient (Wildman–Crippen LogP) is 3.29. The molecule has 0 amide bonds. The van der Waals surface area contributed by atoms with Gasteiger partial charge in [0.25, 0.3) is 0 Å². The molecule has 1 fully saturated rings. The van der Waals surface area contributed by atoms with Crippen LogP contribution in [0, 0.1) is 0 Å². The molecule has 1 aliphatic rings. The fraction of sp³-hybridized carbons (Fsp3) is 0.429. The Labute approximate surface area is 107 Å². The molecule has 17 heavy (non-hydrogen) atoms. The van der Waals surface area contributed by atoms with E-state index in [1.54, 1.807) is 0 Å². The van der Waals surface area contributed by atoms with Crippen molar-refractivity contribution in [2.24, 2.45) is 5.73 Å². The van der Waals surface area contributed by atoms with Crippen molar-refractivity contribution >= 4 is 11.6 Å². The number of hydrogen-bond donors (Lipinski definition) is 1. The zero-order valence-corrected chi connectivity index (χ0v) is 10.9. The number of halogens is 1. The van der Waals surface area contributed by atoms with Crippen molar-refractivity contribution in [1.29, 1.82) is 0 Å². The van der Waals surface area contributed by atoms with Gasteiger partial charge in [-0.2, -0.15) is 0 Å². The molecule has 1 saturated carbocycles. The largest absolute Gasteiger partial charge is 0.488 e. The highest BCUT2D eigenvalue weighted by molar-refractivity contribution is 6.32. The zero-order chi connectivity index (χ0) is 12.5. The Bertz CT molecular complexity index is 438. The fourth-order valence-corrected chi connectivity index (χ4v) is 2.15. The molecule has 0 unspecified atom stereocenters. The van der Waals surface area contributed by atoms with Crippen molar-refractivity contribution < 1.29 is 4.74 Å². The summed E-state index contributed by atoms with van der Waals surface area (Å²) in [6.45, 7) is 6.91. The van der Waals surface area contributed by atoms with Crippen molar-refractivity contribution in [2.75, 3.05) is 13.2 Å². The maximum absolute atomic E-state index is 6.21. The first-order chi connectivity index (χ1) is 8.07. The minimum atomic E-state index is 0.177. The molecule has 0 bridgehead atoms. The topological polar surface area (TPSA) is 35.2 Å². The highest BCUT2D eigenvalue weighted by Gasteiger charge is 2.42. The Kier molecular flexibility index (Phi) is 3.45. The Hall–Kier alpha value is -0.990. The summed E-state index contributed by atoms with van der Waals surface area (Å²) >= 11 is 6.21. The molecule has 0 aliphatic heterocycles. The third-order valence-electron chi connectivity index (χ3n) is 3.26. The van der Waals surface area contributed by atoms with Gasteiger partial charge in [-0.15, -0.1) is 0 Å². The Balaban J connectivity index is 2.14. The predicted molar refractivity (Wildman–Crippen MR) is 71.7 cm³/mol. The van der Waals surface area contributed by atoms with Crippen LogP contribution >= 0.6 is 11.6 Å². The summed E-state index contributed by atoms with van der Waals surface area (Å²) < 4.78 is 5.56. The molecule has 0 heterocycles. The van der Waals surface area contributed by atoms with E-state index in [2.05, 4.69) is 12.6 Å². The summed E-state index contributed by atoms with van der Waals surface area (Å²) in [5.74, 6) is 0.714. The number of benzene rings is 1. The third kappa shape index (κ3) is 2.64. The van der Waals surface area contributed by atoms with E-state index in [1.165, 1.54) is 5.56 Å². The number of ether oxygens (including phenoxy) is 1. The van der Waals surface area contributed by atoms with Crippen LogP contribution in [0.4, 0.5) is 0 Å². The average Bonchev–Trinajstić information content (AvgIpc) is 3.08. The van der Waals surface area contributed by atoms with Gasteiger partial charge in [-0.3, -0.25) is 0 Å². The van der Waals surface area contributed by atoms with Crippen LogP contribution in [0.5, 0.6) is 5.75 Å². The molecule has 0 saturated heterocycles. The van der Waals surface area contributed by atoms with Gasteiger partial charge in [0.1, 0.15) is 12.4 Å². The molecular formula is C14H18ClNO. The molecule has 1 aromatic rings. The van der Waals surface area contributed by atoms with E-state index in [1.807, 2.05) is 19.1 Å². The van der Waals surface area contributed by atoms with Crippen LogP contribution < -0.4 is 10.5 Å². The Morgan fingerprint density at radius 2 is 2.24 bits per heavy atom. The van der Waals surface area contributed by atoms with Gasteiger partial charge in [-0.05, 0) is 43.0 Å². The van der Waals surface area contributed by atoms with Gasteiger partial charge in [-0.25, -0.2) is 0 Å². The van der Waals surface area contributed by atoms with E-state index < -0.39 is 0 Å².